The van der Waals surface area contributed by atoms with E-state index in [1.165, 1.54) is 0 Å². The van der Waals surface area contributed by atoms with Crippen molar-refractivity contribution in [1.29, 1.82) is 0 Å². The van der Waals surface area contributed by atoms with Crippen LogP contribution in [0.25, 0.3) is 11.0 Å². The summed E-state index contributed by atoms with van der Waals surface area (Å²) in [6, 6.07) is 7.75. The van der Waals surface area contributed by atoms with Gasteiger partial charge < -0.3 is 9.42 Å². The number of hydrogen-bond acceptors (Lipinski definition) is 5. The fraction of sp³-hybridized carbons (Fsp3) is 0.333. The van der Waals surface area contributed by atoms with Gasteiger partial charge in [-0.15, -0.1) is 0 Å². The smallest absolute Gasteiger partial charge is 0.228 e. The molecule has 22 heavy (non-hydrogen) atoms. The third-order valence-electron chi connectivity index (χ3n) is 4.05. The van der Waals surface area contributed by atoms with Gasteiger partial charge in [0, 0.05) is 18.5 Å². The summed E-state index contributed by atoms with van der Waals surface area (Å²) in [5.41, 5.74) is 1.41. The second kappa shape index (κ2) is 5.25. The quantitative estimate of drug-likeness (QED) is 0.731. The molecule has 2 aromatic heterocycles. The molecule has 1 fully saturated rings. The molecule has 1 saturated heterocycles. The average molecular weight is 297 g/mol. The van der Waals surface area contributed by atoms with Crippen LogP contribution in [0.2, 0.25) is 0 Å². The maximum absolute atomic E-state index is 12.5. The lowest BCUT2D eigenvalue weighted by Crippen LogP contribution is -2.30. The van der Waals surface area contributed by atoms with Crippen molar-refractivity contribution in [3.63, 3.8) is 0 Å². The van der Waals surface area contributed by atoms with Crippen LogP contribution in [-0.2, 0) is 11.2 Å². The van der Waals surface area contributed by atoms with Crippen LogP contribution in [-0.4, -0.2) is 44.0 Å². The normalized spacial score (nSPS) is 18.2. The van der Waals surface area contributed by atoms with Gasteiger partial charge in [-0.1, -0.05) is 17.3 Å². The highest BCUT2D eigenvalue weighted by Gasteiger charge is 2.29. The van der Waals surface area contributed by atoms with Crippen LogP contribution >= 0.6 is 0 Å². The Morgan fingerprint density at radius 3 is 2.95 bits per heavy atom. The standard InChI is InChI=1S/C15H15N5O2/c21-15(9-13-12-3-1-2-4-14(12)22-18-13)19-8-5-11(10-19)20-16-6-7-17-20/h1-4,6-7,11H,5,8-10H2. The number of para-hydroxylation sites is 1. The topological polar surface area (TPSA) is 77.0 Å². The van der Waals surface area contributed by atoms with Crippen LogP contribution in [0.15, 0.2) is 41.2 Å². The summed E-state index contributed by atoms with van der Waals surface area (Å²) in [4.78, 5) is 16.0. The summed E-state index contributed by atoms with van der Waals surface area (Å²) in [6.07, 6.45) is 4.45. The van der Waals surface area contributed by atoms with Crippen molar-refractivity contribution in [2.75, 3.05) is 13.1 Å². The van der Waals surface area contributed by atoms with Gasteiger partial charge in [-0.3, -0.25) is 4.79 Å². The number of benzene rings is 1. The number of rotatable bonds is 3. The van der Waals surface area contributed by atoms with Gasteiger partial charge >= 0.3 is 0 Å². The Morgan fingerprint density at radius 2 is 2.09 bits per heavy atom. The Kier molecular flexibility index (Phi) is 3.10. The summed E-state index contributed by atoms with van der Waals surface area (Å²) in [5.74, 6) is 0.0636. The maximum Gasteiger partial charge on any atom is 0.228 e. The van der Waals surface area contributed by atoms with Gasteiger partial charge in [0.25, 0.3) is 0 Å². The number of nitrogens with zero attached hydrogens (tertiary/aromatic N) is 5. The zero-order valence-corrected chi connectivity index (χ0v) is 11.9. The predicted octanol–water partition coefficient (Wildman–Crippen LogP) is 1.44. The minimum atomic E-state index is 0.0636. The van der Waals surface area contributed by atoms with E-state index in [-0.39, 0.29) is 18.4 Å². The van der Waals surface area contributed by atoms with Crippen LogP contribution in [0, 0.1) is 0 Å². The van der Waals surface area contributed by atoms with Crippen molar-refractivity contribution in [2.45, 2.75) is 18.9 Å². The molecule has 112 valence electrons. The third-order valence-corrected chi connectivity index (χ3v) is 4.05. The molecular formula is C15H15N5O2. The molecule has 0 radical (unpaired) electrons. The Labute approximate surface area is 126 Å². The number of carbonyl (C=O) groups excluding carboxylic acids is 1. The molecule has 3 heterocycles. The van der Waals surface area contributed by atoms with E-state index in [4.69, 9.17) is 4.52 Å². The molecule has 0 aliphatic carbocycles. The first-order valence-electron chi connectivity index (χ1n) is 7.28. The van der Waals surface area contributed by atoms with Crippen LogP contribution < -0.4 is 0 Å². The monoisotopic (exact) mass is 297 g/mol. The first kappa shape index (κ1) is 13.0. The van der Waals surface area contributed by atoms with Crippen molar-refractivity contribution in [2.24, 2.45) is 0 Å². The number of aromatic nitrogens is 4. The molecule has 1 aliphatic heterocycles. The van der Waals surface area contributed by atoms with Crippen LogP contribution in [0.3, 0.4) is 0 Å². The molecule has 1 aromatic carbocycles. The fourth-order valence-electron chi connectivity index (χ4n) is 2.89. The number of likely N-dealkylation sites (tertiary alicyclic amines) is 1. The van der Waals surface area contributed by atoms with E-state index in [2.05, 4.69) is 15.4 Å². The van der Waals surface area contributed by atoms with Crippen LogP contribution in [0.1, 0.15) is 18.2 Å². The molecule has 7 heteroatoms. The molecule has 7 nitrogen and oxygen atoms in total. The molecular weight excluding hydrogens is 282 g/mol. The van der Waals surface area contributed by atoms with Crippen LogP contribution in [0.5, 0.6) is 0 Å². The molecule has 1 amide bonds. The highest BCUT2D eigenvalue weighted by molar-refractivity contribution is 5.86. The SMILES string of the molecule is O=C(Cc1noc2ccccc12)N1CCC(n2nccn2)C1. The van der Waals surface area contributed by atoms with E-state index >= 15 is 0 Å². The molecule has 0 spiro atoms. The van der Waals surface area contributed by atoms with E-state index < -0.39 is 0 Å². The largest absolute Gasteiger partial charge is 0.356 e. The second-order valence-electron chi connectivity index (χ2n) is 5.43. The lowest BCUT2D eigenvalue weighted by molar-refractivity contribution is -0.129. The van der Waals surface area contributed by atoms with Crippen molar-refractivity contribution >= 4 is 16.9 Å². The van der Waals surface area contributed by atoms with Crippen LogP contribution in [0.4, 0.5) is 0 Å². The highest BCUT2D eigenvalue weighted by atomic mass is 16.5. The minimum absolute atomic E-state index is 0.0636. The molecule has 0 bridgehead atoms. The van der Waals surface area contributed by atoms with Crippen molar-refractivity contribution < 1.29 is 9.32 Å². The van der Waals surface area contributed by atoms with E-state index in [9.17, 15) is 4.79 Å². The van der Waals surface area contributed by atoms with Gasteiger partial charge in [0.1, 0.15) is 5.69 Å². The maximum atomic E-state index is 12.5. The fourth-order valence-corrected chi connectivity index (χ4v) is 2.89. The summed E-state index contributed by atoms with van der Waals surface area (Å²) >= 11 is 0. The molecule has 3 aromatic rings. The Hall–Kier alpha value is -2.70. The summed E-state index contributed by atoms with van der Waals surface area (Å²) in [7, 11) is 0. The van der Waals surface area contributed by atoms with Gasteiger partial charge in [-0.25, -0.2) is 0 Å². The summed E-state index contributed by atoms with van der Waals surface area (Å²) < 4.78 is 5.25. The van der Waals surface area contributed by atoms with E-state index in [0.717, 1.165) is 18.4 Å². The van der Waals surface area contributed by atoms with Crippen molar-refractivity contribution in [1.82, 2.24) is 25.1 Å². The molecule has 1 unspecified atom stereocenters. The first-order chi connectivity index (χ1) is 10.8. The van der Waals surface area contributed by atoms with E-state index in [0.29, 0.717) is 17.8 Å². The molecule has 0 saturated carbocycles. The number of fused-ring (bicyclic) bond motifs is 1. The van der Waals surface area contributed by atoms with Gasteiger partial charge in [-0.05, 0) is 18.6 Å². The molecule has 1 atom stereocenters. The predicted molar refractivity (Wildman–Crippen MR) is 78.0 cm³/mol. The Bertz CT molecular complexity index is 795. The van der Waals surface area contributed by atoms with Crippen molar-refractivity contribution in [3.05, 3.63) is 42.4 Å². The average Bonchev–Trinajstić information content (AvgIpc) is 3.28. The van der Waals surface area contributed by atoms with E-state index in [1.807, 2.05) is 29.2 Å². The van der Waals surface area contributed by atoms with Gasteiger partial charge in [0.05, 0.1) is 24.9 Å². The summed E-state index contributed by atoms with van der Waals surface area (Å²) in [6.45, 7) is 1.37. The van der Waals surface area contributed by atoms with Crippen molar-refractivity contribution in [3.8, 4) is 0 Å². The highest BCUT2D eigenvalue weighted by Crippen LogP contribution is 2.22. The Morgan fingerprint density at radius 1 is 1.27 bits per heavy atom. The lowest BCUT2D eigenvalue weighted by atomic mass is 10.1. The number of hydrogen-bond donors (Lipinski definition) is 0. The van der Waals surface area contributed by atoms with Gasteiger partial charge in [-0.2, -0.15) is 15.0 Å². The van der Waals surface area contributed by atoms with Gasteiger partial charge in [0.2, 0.25) is 5.91 Å². The first-order valence-corrected chi connectivity index (χ1v) is 7.28. The zero-order chi connectivity index (χ0) is 14.9. The van der Waals surface area contributed by atoms with Gasteiger partial charge in [0.15, 0.2) is 5.58 Å². The van der Waals surface area contributed by atoms with E-state index in [1.54, 1.807) is 17.2 Å². The Balaban J connectivity index is 1.47. The minimum Gasteiger partial charge on any atom is -0.356 e. The number of carbonyl (C=O) groups is 1. The number of amides is 1. The molecule has 1 aliphatic rings. The lowest BCUT2D eigenvalue weighted by Gasteiger charge is -2.15. The third kappa shape index (κ3) is 2.24. The molecule has 0 N–H and O–H groups in total. The zero-order valence-electron chi connectivity index (χ0n) is 11.9. The molecule has 4 rings (SSSR count). The summed E-state index contributed by atoms with van der Waals surface area (Å²) in [5, 5.41) is 13.2. The second-order valence-corrected chi connectivity index (χ2v) is 5.43.